The molecule has 90 valence electrons. The molecule has 0 fully saturated rings. The van der Waals surface area contributed by atoms with E-state index in [1.807, 2.05) is 6.07 Å². The number of sulfonamides is 1. The number of nitrogens with two attached hydrogens (primary N) is 1. The summed E-state index contributed by atoms with van der Waals surface area (Å²) in [5.74, 6) is 0.381. The third-order valence-corrected chi connectivity index (χ3v) is 3.78. The van der Waals surface area contributed by atoms with Crippen LogP contribution in [-0.4, -0.2) is 29.9 Å². The molecule has 2 N–H and O–H groups in total. The van der Waals surface area contributed by atoms with Gasteiger partial charge in [-0.15, -0.1) is 11.8 Å². The van der Waals surface area contributed by atoms with Crippen molar-refractivity contribution in [2.75, 3.05) is 11.5 Å². The first-order valence-corrected chi connectivity index (χ1v) is 7.65. The zero-order chi connectivity index (χ0) is 12.0. The molecule has 0 radical (unpaired) electrons. The van der Waals surface area contributed by atoms with E-state index in [0.717, 1.165) is 23.6 Å². The molecular weight excluding hydrogens is 246 g/mol. The molecule has 0 saturated heterocycles. The van der Waals surface area contributed by atoms with Gasteiger partial charge >= 0.3 is 0 Å². The van der Waals surface area contributed by atoms with E-state index >= 15 is 0 Å². The van der Waals surface area contributed by atoms with Gasteiger partial charge in [-0.25, -0.2) is 23.5 Å². The number of nitrogens with zero attached hydrogens (tertiary/aromatic N) is 2. The van der Waals surface area contributed by atoms with Gasteiger partial charge in [-0.2, -0.15) is 0 Å². The van der Waals surface area contributed by atoms with Gasteiger partial charge in [0.2, 0.25) is 10.0 Å². The van der Waals surface area contributed by atoms with Gasteiger partial charge in [0.15, 0.2) is 0 Å². The fourth-order valence-electron chi connectivity index (χ4n) is 1.11. The third kappa shape index (κ3) is 5.43. The summed E-state index contributed by atoms with van der Waals surface area (Å²) in [6.45, 7) is 2.08. The molecule has 16 heavy (non-hydrogen) atoms. The molecule has 0 aliphatic rings. The molecule has 7 heteroatoms. The van der Waals surface area contributed by atoms with Crippen molar-refractivity contribution in [3.05, 3.63) is 18.1 Å². The van der Waals surface area contributed by atoms with E-state index in [4.69, 9.17) is 5.14 Å². The molecule has 0 bridgehead atoms. The maximum atomic E-state index is 10.7. The smallest absolute Gasteiger partial charge is 0.209 e. The van der Waals surface area contributed by atoms with Gasteiger partial charge in [-0.3, -0.25) is 0 Å². The highest BCUT2D eigenvalue weighted by Crippen LogP contribution is 2.15. The van der Waals surface area contributed by atoms with Gasteiger partial charge in [-0.05, 0) is 12.5 Å². The SMILES string of the molecule is CCCc1cc(SCCS(N)(=O)=O)ncn1. The summed E-state index contributed by atoms with van der Waals surface area (Å²) in [6.07, 6.45) is 3.44. The number of aryl methyl sites for hydroxylation is 1. The summed E-state index contributed by atoms with van der Waals surface area (Å²) in [4.78, 5) is 8.18. The summed E-state index contributed by atoms with van der Waals surface area (Å²) >= 11 is 1.38. The Morgan fingerprint density at radius 1 is 1.44 bits per heavy atom. The Morgan fingerprint density at radius 2 is 2.19 bits per heavy atom. The Bertz CT molecular complexity index is 434. The lowest BCUT2D eigenvalue weighted by molar-refractivity contribution is 0.599. The predicted molar refractivity (Wildman–Crippen MR) is 64.7 cm³/mol. The van der Waals surface area contributed by atoms with E-state index < -0.39 is 10.0 Å². The van der Waals surface area contributed by atoms with Crippen LogP contribution in [0.3, 0.4) is 0 Å². The monoisotopic (exact) mass is 261 g/mol. The lowest BCUT2D eigenvalue weighted by atomic mass is 10.2. The number of hydrogen-bond acceptors (Lipinski definition) is 5. The van der Waals surface area contributed by atoms with Gasteiger partial charge in [0.25, 0.3) is 0 Å². The second-order valence-electron chi connectivity index (χ2n) is 3.31. The van der Waals surface area contributed by atoms with Gasteiger partial charge in [0, 0.05) is 11.4 Å². The average molecular weight is 261 g/mol. The molecule has 0 aliphatic heterocycles. The molecule has 5 nitrogen and oxygen atoms in total. The first-order chi connectivity index (χ1) is 7.51. The van der Waals surface area contributed by atoms with Crippen molar-refractivity contribution in [3.8, 4) is 0 Å². The van der Waals surface area contributed by atoms with E-state index in [2.05, 4.69) is 16.9 Å². The molecule has 1 aromatic heterocycles. The van der Waals surface area contributed by atoms with Crippen LogP contribution in [0.25, 0.3) is 0 Å². The first kappa shape index (κ1) is 13.4. The van der Waals surface area contributed by atoms with Crippen molar-refractivity contribution < 1.29 is 8.42 Å². The Labute approximate surface area is 99.9 Å². The molecule has 0 unspecified atom stereocenters. The quantitative estimate of drug-likeness (QED) is 0.605. The predicted octanol–water partition coefficient (Wildman–Crippen LogP) is 0.810. The van der Waals surface area contributed by atoms with Gasteiger partial charge in [-0.1, -0.05) is 13.3 Å². The van der Waals surface area contributed by atoms with Crippen LogP contribution >= 0.6 is 11.8 Å². The van der Waals surface area contributed by atoms with Crippen LogP contribution < -0.4 is 5.14 Å². The van der Waals surface area contributed by atoms with Gasteiger partial charge < -0.3 is 0 Å². The van der Waals surface area contributed by atoms with Crippen LogP contribution in [-0.2, 0) is 16.4 Å². The molecule has 1 rings (SSSR count). The highest BCUT2D eigenvalue weighted by molar-refractivity contribution is 8.00. The maximum absolute atomic E-state index is 10.7. The molecular formula is C9H15N3O2S2. The minimum Gasteiger partial charge on any atom is -0.241 e. The lowest BCUT2D eigenvalue weighted by Gasteiger charge is -2.02. The lowest BCUT2D eigenvalue weighted by Crippen LogP contribution is -2.17. The molecule has 1 heterocycles. The van der Waals surface area contributed by atoms with Crippen LogP contribution in [0.15, 0.2) is 17.4 Å². The Morgan fingerprint density at radius 3 is 2.81 bits per heavy atom. The number of thioether (sulfide) groups is 1. The Balaban J connectivity index is 2.51. The van der Waals surface area contributed by atoms with Crippen LogP contribution in [0.1, 0.15) is 19.0 Å². The molecule has 0 aromatic carbocycles. The minimum atomic E-state index is -3.38. The van der Waals surface area contributed by atoms with E-state index in [9.17, 15) is 8.42 Å². The van der Waals surface area contributed by atoms with E-state index in [1.165, 1.54) is 18.1 Å². The normalized spacial score (nSPS) is 11.6. The molecule has 0 aliphatic carbocycles. The second-order valence-corrected chi connectivity index (χ2v) is 6.16. The zero-order valence-electron chi connectivity index (χ0n) is 9.09. The summed E-state index contributed by atoms with van der Waals surface area (Å²) in [7, 11) is -3.38. The van der Waals surface area contributed by atoms with Crippen molar-refractivity contribution in [1.29, 1.82) is 0 Å². The van der Waals surface area contributed by atoms with Crippen molar-refractivity contribution in [2.24, 2.45) is 5.14 Å². The highest BCUT2D eigenvalue weighted by atomic mass is 32.2. The number of aromatic nitrogens is 2. The maximum Gasteiger partial charge on any atom is 0.209 e. The topological polar surface area (TPSA) is 85.9 Å². The second kappa shape index (κ2) is 6.17. The summed E-state index contributed by atoms with van der Waals surface area (Å²) in [5.41, 5.74) is 0.982. The van der Waals surface area contributed by atoms with Gasteiger partial charge in [0.1, 0.15) is 6.33 Å². The van der Waals surface area contributed by atoms with E-state index in [1.54, 1.807) is 0 Å². The van der Waals surface area contributed by atoms with Crippen molar-refractivity contribution in [3.63, 3.8) is 0 Å². The third-order valence-electron chi connectivity index (χ3n) is 1.82. The average Bonchev–Trinajstić information content (AvgIpc) is 2.17. The molecule has 1 aromatic rings. The van der Waals surface area contributed by atoms with E-state index in [-0.39, 0.29) is 5.75 Å². The summed E-state index contributed by atoms with van der Waals surface area (Å²) in [6, 6.07) is 1.89. The van der Waals surface area contributed by atoms with E-state index in [0.29, 0.717) is 5.75 Å². The fraction of sp³-hybridized carbons (Fsp3) is 0.556. The standard InChI is InChI=1S/C9H15N3O2S2/c1-2-3-8-6-9(12-7-11-8)15-4-5-16(10,13)14/h6-7H,2-5H2,1H3,(H2,10,13,14). The Hall–Kier alpha value is -0.660. The highest BCUT2D eigenvalue weighted by Gasteiger charge is 2.04. The van der Waals surface area contributed by atoms with Crippen molar-refractivity contribution in [1.82, 2.24) is 9.97 Å². The Kier molecular flexibility index (Phi) is 5.17. The molecule has 0 saturated carbocycles. The van der Waals surface area contributed by atoms with Gasteiger partial charge in [0.05, 0.1) is 10.8 Å². The van der Waals surface area contributed by atoms with Crippen LogP contribution in [0.2, 0.25) is 0 Å². The van der Waals surface area contributed by atoms with Crippen molar-refractivity contribution >= 4 is 21.8 Å². The van der Waals surface area contributed by atoms with Crippen molar-refractivity contribution in [2.45, 2.75) is 24.8 Å². The molecule has 0 amide bonds. The van der Waals surface area contributed by atoms with Crippen LogP contribution in [0.4, 0.5) is 0 Å². The first-order valence-electron chi connectivity index (χ1n) is 4.95. The number of primary sulfonamides is 1. The van der Waals surface area contributed by atoms with Crippen LogP contribution in [0, 0.1) is 0 Å². The molecule has 0 atom stereocenters. The number of rotatable bonds is 6. The van der Waals surface area contributed by atoms with Crippen LogP contribution in [0.5, 0.6) is 0 Å². The summed E-state index contributed by atoms with van der Waals surface area (Å²) < 4.78 is 21.4. The number of hydrogen-bond donors (Lipinski definition) is 1. The largest absolute Gasteiger partial charge is 0.241 e. The zero-order valence-corrected chi connectivity index (χ0v) is 10.7. The summed E-state index contributed by atoms with van der Waals surface area (Å²) in [5, 5.41) is 5.70. The fourth-order valence-corrected chi connectivity index (χ4v) is 2.92. The molecule has 0 spiro atoms. The minimum absolute atomic E-state index is 0.0369.